The summed E-state index contributed by atoms with van der Waals surface area (Å²) in [6.07, 6.45) is -0.797. The molecular weight excluding hydrogens is 487 g/mol. The molecule has 0 saturated carbocycles. The normalized spacial score (nSPS) is 20.7. The molecule has 2 aliphatic rings. The fourth-order valence-corrected chi connectivity index (χ4v) is 5.19. The predicted molar refractivity (Wildman–Crippen MR) is 121 cm³/mol. The van der Waals surface area contributed by atoms with E-state index in [1.54, 1.807) is 30.5 Å². The van der Waals surface area contributed by atoms with E-state index in [-0.39, 0.29) is 43.2 Å². The second-order valence-corrected chi connectivity index (χ2v) is 9.27. The fraction of sp³-hybridized carbons (Fsp3) is 0.500. The molecule has 5 rings (SSSR count). The van der Waals surface area contributed by atoms with Crippen LogP contribution in [0.3, 0.4) is 0 Å². The molecule has 0 bridgehead atoms. The Bertz CT molecular complexity index is 1280. The Morgan fingerprint density at radius 3 is 2.69 bits per heavy atom. The molecule has 0 spiro atoms. The summed E-state index contributed by atoms with van der Waals surface area (Å²) in [5.74, 6) is -0.626. The molecule has 9 nitrogen and oxygen atoms in total. The van der Waals surface area contributed by atoms with Crippen LogP contribution < -0.4 is 9.64 Å². The van der Waals surface area contributed by atoms with Crippen molar-refractivity contribution in [2.24, 2.45) is 11.8 Å². The third-order valence-electron chi connectivity index (χ3n) is 6.70. The van der Waals surface area contributed by atoms with Crippen LogP contribution in [0.5, 0.6) is 5.75 Å². The maximum absolute atomic E-state index is 13.3. The van der Waals surface area contributed by atoms with Crippen molar-refractivity contribution in [2.75, 3.05) is 31.6 Å². The van der Waals surface area contributed by atoms with Crippen LogP contribution in [0.2, 0.25) is 5.02 Å². The first-order valence-corrected chi connectivity index (χ1v) is 11.6. The van der Waals surface area contributed by atoms with E-state index in [9.17, 15) is 18.0 Å². The molecule has 1 saturated heterocycles. The minimum atomic E-state index is -4.57. The van der Waals surface area contributed by atoms with Crippen LogP contribution in [0.1, 0.15) is 25.0 Å². The van der Waals surface area contributed by atoms with E-state index in [2.05, 4.69) is 25.1 Å². The van der Waals surface area contributed by atoms with Crippen molar-refractivity contribution in [3.63, 3.8) is 0 Å². The molecule has 2 aliphatic heterocycles. The monoisotopic (exact) mass is 509 g/mol. The zero-order valence-electron chi connectivity index (χ0n) is 19.1. The van der Waals surface area contributed by atoms with Gasteiger partial charge in [-0.2, -0.15) is 13.2 Å². The van der Waals surface area contributed by atoms with Gasteiger partial charge in [0.1, 0.15) is 11.3 Å². The summed E-state index contributed by atoms with van der Waals surface area (Å²) in [7, 11) is 1.56. The van der Waals surface area contributed by atoms with E-state index in [0.717, 1.165) is 10.3 Å². The van der Waals surface area contributed by atoms with Crippen molar-refractivity contribution in [3.05, 3.63) is 35.1 Å². The lowest BCUT2D eigenvalue weighted by Crippen LogP contribution is -2.49. The molecule has 3 aromatic heterocycles. The van der Waals surface area contributed by atoms with Gasteiger partial charge in [-0.05, 0) is 12.3 Å². The molecule has 35 heavy (non-hydrogen) atoms. The highest BCUT2D eigenvalue weighted by Crippen LogP contribution is 2.37. The number of anilines is 1. The predicted octanol–water partition coefficient (Wildman–Crippen LogP) is 3.41. The van der Waals surface area contributed by atoms with Gasteiger partial charge in [-0.1, -0.05) is 18.5 Å². The number of alkyl halides is 3. The Balaban J connectivity index is 1.31. The lowest BCUT2D eigenvalue weighted by Gasteiger charge is -2.40. The van der Waals surface area contributed by atoms with Crippen molar-refractivity contribution in [1.29, 1.82) is 0 Å². The zero-order chi connectivity index (χ0) is 24.9. The number of halogens is 4. The number of carbonyl (C=O) groups excluding carboxylic acids is 1. The van der Waals surface area contributed by atoms with Gasteiger partial charge in [-0.15, -0.1) is 10.2 Å². The van der Waals surface area contributed by atoms with Crippen molar-refractivity contribution >= 4 is 34.2 Å². The molecule has 2 atom stereocenters. The van der Waals surface area contributed by atoms with Crippen molar-refractivity contribution in [2.45, 2.75) is 32.6 Å². The Kier molecular flexibility index (Phi) is 5.94. The molecule has 186 valence electrons. The maximum atomic E-state index is 13.3. The van der Waals surface area contributed by atoms with Gasteiger partial charge in [0.25, 0.3) is 0 Å². The van der Waals surface area contributed by atoms with E-state index >= 15 is 0 Å². The summed E-state index contributed by atoms with van der Waals surface area (Å²) >= 11 is 6.51. The minimum absolute atomic E-state index is 0.0145. The zero-order valence-corrected chi connectivity index (χ0v) is 19.8. The van der Waals surface area contributed by atoms with Gasteiger partial charge in [0.2, 0.25) is 11.7 Å². The molecule has 1 fully saturated rings. The number of hydrogen-bond donors (Lipinski definition) is 0. The summed E-state index contributed by atoms with van der Waals surface area (Å²) < 4.78 is 45.6. The smallest absolute Gasteiger partial charge is 0.451 e. The maximum Gasteiger partial charge on any atom is 0.451 e. The number of piperidine rings is 1. The number of rotatable bonds is 3. The van der Waals surface area contributed by atoms with E-state index in [0.29, 0.717) is 41.3 Å². The number of pyridine rings is 2. The number of hydrogen-bond acceptors (Lipinski definition) is 7. The van der Waals surface area contributed by atoms with Gasteiger partial charge in [-0.25, -0.2) is 4.98 Å². The topological polar surface area (TPSA) is 89.3 Å². The second kappa shape index (κ2) is 8.81. The van der Waals surface area contributed by atoms with Gasteiger partial charge in [0.05, 0.1) is 36.1 Å². The number of methoxy groups -OCH3 is 1. The molecule has 0 unspecified atom stereocenters. The lowest BCUT2D eigenvalue weighted by molar-refractivity contribution is -0.148. The summed E-state index contributed by atoms with van der Waals surface area (Å²) in [5.41, 5.74) is 2.08. The SMILES string of the molecule is COc1cnc2c(N3CC[C@H](C(=O)N4CCn5c(nnc5C(F)(F)F)C4)[C@H](C)C3)c(Cl)cnc2c1. The van der Waals surface area contributed by atoms with Crippen LogP contribution in [0.4, 0.5) is 18.9 Å². The molecular formula is C22H23ClF3N7O2. The first kappa shape index (κ1) is 23.6. The standard InChI is InChI=1S/C22H23ClF3N7O2/c1-12-10-31(19-15(23)9-27-16-7-13(35-2)8-28-18(16)19)4-3-14(12)20(34)32-5-6-33-17(11-32)29-30-21(33)22(24,25)26/h7-9,12,14H,3-6,10-11H2,1-2H3/t12-,14+/m1/s1. The summed E-state index contributed by atoms with van der Waals surface area (Å²) in [6.45, 7) is 3.37. The van der Waals surface area contributed by atoms with E-state index in [1.807, 2.05) is 6.92 Å². The van der Waals surface area contributed by atoms with Crippen LogP contribution in [-0.2, 0) is 24.1 Å². The summed E-state index contributed by atoms with van der Waals surface area (Å²) in [5, 5.41) is 7.44. The number of amides is 1. The first-order valence-electron chi connectivity index (χ1n) is 11.2. The Morgan fingerprint density at radius 2 is 1.97 bits per heavy atom. The molecule has 0 N–H and O–H groups in total. The average Bonchev–Trinajstić information content (AvgIpc) is 3.27. The minimum Gasteiger partial charge on any atom is -0.495 e. The van der Waals surface area contributed by atoms with Gasteiger partial charge >= 0.3 is 6.18 Å². The van der Waals surface area contributed by atoms with Gasteiger partial charge in [0.15, 0.2) is 5.82 Å². The number of ether oxygens (including phenoxy) is 1. The fourth-order valence-electron chi connectivity index (χ4n) is 4.93. The number of nitrogens with zero attached hydrogens (tertiary/aromatic N) is 7. The number of aromatic nitrogens is 5. The Hall–Kier alpha value is -3.15. The van der Waals surface area contributed by atoms with Gasteiger partial charge in [0, 0.05) is 44.4 Å². The molecule has 5 heterocycles. The second-order valence-electron chi connectivity index (χ2n) is 8.87. The largest absolute Gasteiger partial charge is 0.495 e. The van der Waals surface area contributed by atoms with Crippen molar-refractivity contribution in [1.82, 2.24) is 29.6 Å². The van der Waals surface area contributed by atoms with E-state index in [1.165, 1.54) is 0 Å². The highest BCUT2D eigenvalue weighted by molar-refractivity contribution is 6.34. The number of carbonyl (C=O) groups is 1. The quantitative estimate of drug-likeness (QED) is 0.534. The Morgan fingerprint density at radius 1 is 1.17 bits per heavy atom. The van der Waals surface area contributed by atoms with E-state index in [4.69, 9.17) is 16.3 Å². The van der Waals surface area contributed by atoms with Crippen LogP contribution in [-0.4, -0.2) is 62.3 Å². The molecule has 1 amide bonds. The highest BCUT2D eigenvalue weighted by atomic mass is 35.5. The van der Waals surface area contributed by atoms with E-state index < -0.39 is 12.0 Å². The molecule has 0 aromatic carbocycles. The summed E-state index contributed by atoms with van der Waals surface area (Å²) in [6, 6.07) is 1.79. The lowest BCUT2D eigenvalue weighted by atomic mass is 9.85. The highest BCUT2D eigenvalue weighted by Gasteiger charge is 2.41. The van der Waals surface area contributed by atoms with Crippen molar-refractivity contribution < 1.29 is 22.7 Å². The molecule has 0 radical (unpaired) electrons. The van der Waals surface area contributed by atoms with Crippen LogP contribution in [0.25, 0.3) is 11.0 Å². The Labute approximate surface area is 203 Å². The van der Waals surface area contributed by atoms with Crippen LogP contribution >= 0.6 is 11.6 Å². The van der Waals surface area contributed by atoms with Gasteiger partial charge in [-0.3, -0.25) is 9.78 Å². The van der Waals surface area contributed by atoms with Crippen molar-refractivity contribution in [3.8, 4) is 5.75 Å². The third-order valence-corrected chi connectivity index (χ3v) is 6.98. The molecule has 13 heteroatoms. The first-order chi connectivity index (χ1) is 16.7. The number of fused-ring (bicyclic) bond motifs is 2. The molecule has 0 aliphatic carbocycles. The van der Waals surface area contributed by atoms with Crippen LogP contribution in [0.15, 0.2) is 18.5 Å². The molecule has 3 aromatic rings. The third kappa shape index (κ3) is 4.24. The average molecular weight is 510 g/mol. The van der Waals surface area contributed by atoms with Gasteiger partial charge < -0.3 is 19.1 Å². The van der Waals surface area contributed by atoms with Crippen LogP contribution in [0, 0.1) is 11.8 Å². The summed E-state index contributed by atoms with van der Waals surface area (Å²) in [4.78, 5) is 25.9.